The predicted molar refractivity (Wildman–Crippen MR) is 115 cm³/mol. The molecule has 4 heteroatoms. The molecule has 2 aliphatic rings. The van der Waals surface area contributed by atoms with Crippen LogP contribution in [0.5, 0.6) is 0 Å². The highest BCUT2D eigenvalue weighted by molar-refractivity contribution is 8.00. The zero-order valence-corrected chi connectivity index (χ0v) is 16.6. The summed E-state index contributed by atoms with van der Waals surface area (Å²) in [6.45, 7) is 4.46. The molecule has 0 saturated carbocycles. The molecule has 2 N–H and O–H groups in total. The first-order valence-electron chi connectivity index (χ1n) is 8.74. The van der Waals surface area contributed by atoms with Crippen molar-refractivity contribution in [3.8, 4) is 0 Å². The van der Waals surface area contributed by atoms with Gasteiger partial charge in [0.15, 0.2) is 0 Å². The Balaban J connectivity index is 0.000000131. The zero-order chi connectivity index (χ0) is 18.0. The van der Waals surface area contributed by atoms with Crippen molar-refractivity contribution in [2.45, 2.75) is 34.1 Å². The number of para-hydroxylation sites is 3. The molecule has 3 aromatic carbocycles. The Morgan fingerprint density at radius 2 is 1.19 bits per heavy atom. The van der Waals surface area contributed by atoms with Crippen LogP contribution in [-0.2, 0) is 0 Å². The van der Waals surface area contributed by atoms with E-state index in [-0.39, 0.29) is 5.54 Å². The third kappa shape index (κ3) is 3.87. The average Bonchev–Trinajstić information content (AvgIpc) is 2.66. The predicted octanol–water partition coefficient (Wildman–Crippen LogP) is 6.88. The Morgan fingerprint density at radius 3 is 1.81 bits per heavy atom. The number of hydrogen-bond acceptors (Lipinski definition) is 4. The summed E-state index contributed by atoms with van der Waals surface area (Å²) in [4.78, 5) is 3.97. The van der Waals surface area contributed by atoms with Crippen molar-refractivity contribution in [3.63, 3.8) is 0 Å². The molecular formula is C22H22N2S2. The van der Waals surface area contributed by atoms with E-state index >= 15 is 0 Å². The molecule has 132 valence electrons. The zero-order valence-electron chi connectivity index (χ0n) is 15.0. The van der Waals surface area contributed by atoms with E-state index < -0.39 is 0 Å². The van der Waals surface area contributed by atoms with Crippen LogP contribution < -0.4 is 10.6 Å². The van der Waals surface area contributed by atoms with Gasteiger partial charge in [-0.05, 0) is 50.2 Å². The Hall–Kier alpha value is -2.04. The van der Waals surface area contributed by atoms with Gasteiger partial charge in [-0.2, -0.15) is 0 Å². The van der Waals surface area contributed by atoms with Crippen molar-refractivity contribution >= 4 is 40.6 Å². The third-order valence-corrected chi connectivity index (χ3v) is 6.90. The third-order valence-electron chi connectivity index (χ3n) is 4.21. The molecule has 2 heterocycles. The fourth-order valence-corrected chi connectivity index (χ4v) is 4.96. The molecule has 0 aliphatic carbocycles. The highest BCUT2D eigenvalue weighted by Gasteiger charge is 2.23. The van der Waals surface area contributed by atoms with Crippen LogP contribution in [0.3, 0.4) is 0 Å². The van der Waals surface area contributed by atoms with Crippen LogP contribution in [0, 0.1) is 0 Å². The minimum Gasteiger partial charge on any atom is -0.378 e. The SMILES string of the molecule is CC1(C)CSc2ccccc2N1.c1ccc2c(c1)Nc1ccccc1S2. The van der Waals surface area contributed by atoms with Crippen LogP contribution in [0.1, 0.15) is 13.8 Å². The quantitative estimate of drug-likeness (QED) is 0.348. The molecule has 5 rings (SSSR count). The van der Waals surface area contributed by atoms with Crippen LogP contribution >= 0.6 is 23.5 Å². The molecule has 0 amide bonds. The lowest BCUT2D eigenvalue weighted by molar-refractivity contribution is 0.637. The molecule has 0 saturated heterocycles. The largest absolute Gasteiger partial charge is 0.378 e. The van der Waals surface area contributed by atoms with E-state index in [9.17, 15) is 0 Å². The van der Waals surface area contributed by atoms with E-state index in [4.69, 9.17) is 0 Å². The molecule has 2 nitrogen and oxygen atoms in total. The van der Waals surface area contributed by atoms with E-state index in [0.717, 1.165) is 5.75 Å². The topological polar surface area (TPSA) is 24.1 Å². The van der Waals surface area contributed by atoms with Gasteiger partial charge in [0.05, 0.1) is 11.4 Å². The summed E-state index contributed by atoms with van der Waals surface area (Å²) in [7, 11) is 0. The normalized spacial score (nSPS) is 15.8. The van der Waals surface area contributed by atoms with Gasteiger partial charge in [0.2, 0.25) is 0 Å². The molecule has 0 bridgehead atoms. The summed E-state index contributed by atoms with van der Waals surface area (Å²) in [5.74, 6) is 1.14. The van der Waals surface area contributed by atoms with Crippen LogP contribution in [0.4, 0.5) is 17.1 Å². The molecular weight excluding hydrogens is 356 g/mol. The van der Waals surface area contributed by atoms with E-state index in [1.807, 2.05) is 23.5 Å². The number of thioether (sulfide) groups is 1. The van der Waals surface area contributed by atoms with Crippen molar-refractivity contribution in [1.82, 2.24) is 0 Å². The van der Waals surface area contributed by atoms with Crippen LogP contribution in [0.2, 0.25) is 0 Å². The first-order chi connectivity index (χ1) is 12.6. The van der Waals surface area contributed by atoms with Gasteiger partial charge in [0.1, 0.15) is 0 Å². The number of benzene rings is 3. The first kappa shape index (κ1) is 17.4. The van der Waals surface area contributed by atoms with Crippen molar-refractivity contribution in [1.29, 1.82) is 0 Å². The molecule has 0 unspecified atom stereocenters. The van der Waals surface area contributed by atoms with Crippen LogP contribution in [0.25, 0.3) is 0 Å². The number of anilines is 3. The molecule has 0 aromatic heterocycles. The van der Waals surface area contributed by atoms with Gasteiger partial charge >= 0.3 is 0 Å². The molecule has 0 fully saturated rings. The van der Waals surface area contributed by atoms with Gasteiger partial charge in [-0.1, -0.05) is 48.2 Å². The summed E-state index contributed by atoms with van der Waals surface area (Å²) >= 11 is 3.75. The second-order valence-electron chi connectivity index (χ2n) is 7.01. The molecule has 2 aliphatic heterocycles. The number of nitrogens with one attached hydrogen (secondary N) is 2. The summed E-state index contributed by atoms with van der Waals surface area (Å²) in [5, 5.41) is 6.94. The maximum absolute atomic E-state index is 3.52. The Bertz CT molecular complexity index is 834. The lowest BCUT2D eigenvalue weighted by atomic mass is 10.1. The average molecular weight is 379 g/mol. The van der Waals surface area contributed by atoms with Gasteiger partial charge in [-0.3, -0.25) is 0 Å². The number of rotatable bonds is 0. The fourth-order valence-electron chi connectivity index (χ4n) is 2.94. The van der Waals surface area contributed by atoms with E-state index in [2.05, 4.69) is 97.3 Å². The van der Waals surface area contributed by atoms with Crippen molar-refractivity contribution in [2.24, 2.45) is 0 Å². The maximum atomic E-state index is 3.52. The first-order valence-corrected chi connectivity index (χ1v) is 10.5. The highest BCUT2D eigenvalue weighted by Crippen LogP contribution is 2.43. The molecule has 0 atom stereocenters. The van der Waals surface area contributed by atoms with Crippen LogP contribution in [0.15, 0.2) is 87.5 Å². The van der Waals surface area contributed by atoms with Crippen molar-refractivity contribution in [2.75, 3.05) is 16.4 Å². The Morgan fingerprint density at radius 1 is 0.692 bits per heavy atom. The van der Waals surface area contributed by atoms with Gasteiger partial charge in [0.25, 0.3) is 0 Å². The monoisotopic (exact) mass is 378 g/mol. The van der Waals surface area contributed by atoms with Gasteiger partial charge < -0.3 is 10.6 Å². The van der Waals surface area contributed by atoms with E-state index in [1.165, 1.54) is 31.7 Å². The van der Waals surface area contributed by atoms with Crippen molar-refractivity contribution in [3.05, 3.63) is 72.8 Å². The molecule has 3 aromatic rings. The number of fused-ring (bicyclic) bond motifs is 3. The second-order valence-corrected chi connectivity index (χ2v) is 9.11. The highest BCUT2D eigenvalue weighted by atomic mass is 32.2. The molecule has 26 heavy (non-hydrogen) atoms. The molecule has 0 radical (unpaired) electrons. The summed E-state index contributed by atoms with van der Waals surface area (Å²) in [5.41, 5.74) is 3.92. The molecule has 0 spiro atoms. The Kier molecular flexibility index (Phi) is 4.88. The summed E-state index contributed by atoms with van der Waals surface area (Å²) < 4.78 is 0. The smallest absolute Gasteiger partial charge is 0.0526 e. The van der Waals surface area contributed by atoms with Gasteiger partial charge in [0, 0.05) is 31.7 Å². The van der Waals surface area contributed by atoms with E-state index in [0.29, 0.717) is 0 Å². The maximum Gasteiger partial charge on any atom is 0.0526 e. The van der Waals surface area contributed by atoms with Gasteiger partial charge in [-0.25, -0.2) is 0 Å². The van der Waals surface area contributed by atoms with Gasteiger partial charge in [-0.15, -0.1) is 11.8 Å². The second kappa shape index (κ2) is 7.29. The lowest BCUT2D eigenvalue weighted by Gasteiger charge is -2.32. The minimum atomic E-state index is 0.235. The lowest BCUT2D eigenvalue weighted by Crippen LogP contribution is -2.36. The van der Waals surface area contributed by atoms with E-state index in [1.54, 1.807) is 0 Å². The van der Waals surface area contributed by atoms with Crippen LogP contribution in [-0.4, -0.2) is 11.3 Å². The van der Waals surface area contributed by atoms with Crippen molar-refractivity contribution < 1.29 is 0 Å². The summed E-state index contributed by atoms with van der Waals surface area (Å²) in [6, 6.07) is 25.2. The minimum absolute atomic E-state index is 0.235. The standard InChI is InChI=1S/C12H9NS.C10H13NS/c1-3-7-11-9(5-1)13-10-6-2-4-8-12(10)14-11;1-10(2)7-12-9-6-4-3-5-8(9)11-10/h1-8,13H;3-6,11H,7H2,1-2H3. The Labute approximate surface area is 163 Å². The fraction of sp³-hybridized carbons (Fsp3) is 0.182. The summed E-state index contributed by atoms with van der Waals surface area (Å²) in [6.07, 6.45) is 0. The number of hydrogen-bond donors (Lipinski definition) is 2.